The van der Waals surface area contributed by atoms with Crippen molar-refractivity contribution in [3.63, 3.8) is 0 Å². The highest BCUT2D eigenvalue weighted by Crippen LogP contribution is 2.38. The van der Waals surface area contributed by atoms with E-state index < -0.39 is 0 Å². The molecule has 2 saturated heterocycles. The summed E-state index contributed by atoms with van der Waals surface area (Å²) in [5.41, 5.74) is 2.06. The van der Waals surface area contributed by atoms with Crippen LogP contribution in [0.15, 0.2) is 54.6 Å². The van der Waals surface area contributed by atoms with Gasteiger partial charge in [0, 0.05) is 19.7 Å². The highest BCUT2D eigenvalue weighted by Gasteiger charge is 2.41. The molecule has 0 aliphatic carbocycles. The average molecular weight is 381 g/mol. The van der Waals surface area contributed by atoms with Gasteiger partial charge in [0.25, 0.3) is 0 Å². The molecule has 0 radical (unpaired) electrons. The maximum absolute atomic E-state index is 13.3. The SMILES string of the molecule is O=C(Cc1cccc(F)c1)N1CCC2(CC1)CC(Cc1ccccc1)CCO2. The van der Waals surface area contributed by atoms with E-state index in [0.717, 1.165) is 57.4 Å². The zero-order chi connectivity index (χ0) is 19.4. The van der Waals surface area contributed by atoms with Crippen molar-refractivity contribution in [2.24, 2.45) is 5.92 Å². The molecule has 148 valence electrons. The summed E-state index contributed by atoms with van der Waals surface area (Å²) in [5, 5.41) is 0. The number of halogens is 1. The van der Waals surface area contributed by atoms with Crippen LogP contribution in [0, 0.1) is 11.7 Å². The standard InChI is InChI=1S/C24H28FNO2/c25-22-8-4-7-20(16-22)17-23(27)26-12-10-24(11-13-26)18-21(9-14-28-24)15-19-5-2-1-3-6-19/h1-8,16,21H,9-15,17-18H2. The van der Waals surface area contributed by atoms with E-state index in [0.29, 0.717) is 5.92 Å². The topological polar surface area (TPSA) is 29.5 Å². The predicted octanol–water partition coefficient (Wildman–Crippen LogP) is 4.40. The zero-order valence-electron chi connectivity index (χ0n) is 16.3. The van der Waals surface area contributed by atoms with Crippen LogP contribution in [-0.4, -0.2) is 36.1 Å². The molecule has 2 aromatic carbocycles. The number of piperidine rings is 1. The van der Waals surface area contributed by atoms with Gasteiger partial charge in [0.05, 0.1) is 12.0 Å². The Hall–Kier alpha value is -2.20. The number of carbonyl (C=O) groups is 1. The molecule has 2 heterocycles. The van der Waals surface area contributed by atoms with Gasteiger partial charge in [-0.15, -0.1) is 0 Å². The lowest BCUT2D eigenvalue weighted by atomic mass is 9.77. The van der Waals surface area contributed by atoms with Gasteiger partial charge < -0.3 is 9.64 Å². The molecule has 28 heavy (non-hydrogen) atoms. The molecule has 0 saturated carbocycles. The number of rotatable bonds is 4. The van der Waals surface area contributed by atoms with Crippen LogP contribution >= 0.6 is 0 Å². The quantitative estimate of drug-likeness (QED) is 0.786. The van der Waals surface area contributed by atoms with E-state index in [-0.39, 0.29) is 23.7 Å². The van der Waals surface area contributed by atoms with E-state index in [9.17, 15) is 9.18 Å². The Labute approximate surface area is 166 Å². The minimum atomic E-state index is -0.289. The number of nitrogens with zero attached hydrogens (tertiary/aromatic N) is 1. The molecule has 1 atom stereocenters. The molecule has 2 aromatic rings. The molecule has 3 nitrogen and oxygen atoms in total. The molecule has 1 spiro atoms. The second-order valence-corrected chi connectivity index (χ2v) is 8.27. The van der Waals surface area contributed by atoms with Gasteiger partial charge in [-0.05, 0) is 61.3 Å². The first-order valence-electron chi connectivity index (χ1n) is 10.3. The molecule has 4 rings (SSSR count). The Morgan fingerprint density at radius 1 is 1.07 bits per heavy atom. The van der Waals surface area contributed by atoms with Crippen molar-refractivity contribution < 1.29 is 13.9 Å². The summed E-state index contributed by atoms with van der Waals surface area (Å²) in [5.74, 6) is 0.436. The van der Waals surface area contributed by atoms with Gasteiger partial charge in [-0.3, -0.25) is 4.79 Å². The van der Waals surface area contributed by atoms with Gasteiger partial charge in [0.15, 0.2) is 0 Å². The Morgan fingerprint density at radius 3 is 2.57 bits per heavy atom. The van der Waals surface area contributed by atoms with Crippen LogP contribution in [0.4, 0.5) is 4.39 Å². The Kier molecular flexibility index (Phi) is 5.77. The van der Waals surface area contributed by atoms with Crippen molar-refractivity contribution in [2.75, 3.05) is 19.7 Å². The number of likely N-dealkylation sites (tertiary alicyclic amines) is 1. The van der Waals surface area contributed by atoms with Crippen molar-refractivity contribution in [1.82, 2.24) is 4.90 Å². The molecule has 4 heteroatoms. The summed E-state index contributed by atoms with van der Waals surface area (Å²) >= 11 is 0. The lowest BCUT2D eigenvalue weighted by Gasteiger charge is -2.46. The maximum Gasteiger partial charge on any atom is 0.226 e. The summed E-state index contributed by atoms with van der Waals surface area (Å²) in [6.07, 6.45) is 5.35. The third-order valence-corrected chi connectivity index (χ3v) is 6.23. The maximum atomic E-state index is 13.3. The van der Waals surface area contributed by atoms with Gasteiger partial charge in [0.1, 0.15) is 5.82 Å². The molecule has 2 fully saturated rings. The Bertz CT molecular complexity index is 799. The van der Waals surface area contributed by atoms with Crippen LogP contribution in [0.25, 0.3) is 0 Å². The highest BCUT2D eigenvalue weighted by molar-refractivity contribution is 5.78. The van der Waals surface area contributed by atoms with E-state index in [1.54, 1.807) is 6.07 Å². The van der Waals surface area contributed by atoms with E-state index in [1.165, 1.54) is 17.7 Å². The third-order valence-electron chi connectivity index (χ3n) is 6.23. The summed E-state index contributed by atoms with van der Waals surface area (Å²) in [6.45, 7) is 2.27. The van der Waals surface area contributed by atoms with Crippen LogP contribution < -0.4 is 0 Å². The molecular weight excluding hydrogens is 353 g/mol. The first-order chi connectivity index (χ1) is 13.6. The number of hydrogen-bond donors (Lipinski definition) is 0. The number of ether oxygens (including phenoxy) is 1. The van der Waals surface area contributed by atoms with Crippen molar-refractivity contribution in [2.45, 2.75) is 44.1 Å². The lowest BCUT2D eigenvalue weighted by molar-refractivity contribution is -0.146. The molecule has 2 aliphatic rings. The van der Waals surface area contributed by atoms with Crippen LogP contribution in [0.1, 0.15) is 36.8 Å². The van der Waals surface area contributed by atoms with E-state index in [4.69, 9.17) is 4.74 Å². The second kappa shape index (κ2) is 8.44. The molecule has 0 aromatic heterocycles. The summed E-state index contributed by atoms with van der Waals surface area (Å²) in [6, 6.07) is 17.0. The monoisotopic (exact) mass is 381 g/mol. The largest absolute Gasteiger partial charge is 0.375 e. The summed E-state index contributed by atoms with van der Waals surface area (Å²) in [4.78, 5) is 14.5. The number of benzene rings is 2. The van der Waals surface area contributed by atoms with E-state index in [1.807, 2.05) is 11.0 Å². The average Bonchev–Trinajstić information content (AvgIpc) is 2.69. The number of amides is 1. The smallest absolute Gasteiger partial charge is 0.226 e. The highest BCUT2D eigenvalue weighted by atomic mass is 19.1. The minimum Gasteiger partial charge on any atom is -0.375 e. The lowest BCUT2D eigenvalue weighted by Crippen LogP contribution is -2.51. The number of hydrogen-bond acceptors (Lipinski definition) is 2. The van der Waals surface area contributed by atoms with Crippen LogP contribution in [0.3, 0.4) is 0 Å². The summed E-state index contributed by atoms with van der Waals surface area (Å²) < 4.78 is 19.6. The van der Waals surface area contributed by atoms with Crippen LogP contribution in [0.2, 0.25) is 0 Å². The Morgan fingerprint density at radius 2 is 1.82 bits per heavy atom. The van der Waals surface area contributed by atoms with Gasteiger partial charge in [0.2, 0.25) is 5.91 Å². The van der Waals surface area contributed by atoms with Crippen molar-refractivity contribution in [3.05, 3.63) is 71.5 Å². The second-order valence-electron chi connectivity index (χ2n) is 8.27. The van der Waals surface area contributed by atoms with Crippen molar-refractivity contribution in [1.29, 1.82) is 0 Å². The molecule has 1 unspecified atom stereocenters. The fourth-order valence-electron chi connectivity index (χ4n) is 4.70. The normalized spacial score (nSPS) is 21.6. The molecule has 2 aliphatic heterocycles. The molecule has 0 bridgehead atoms. The van der Waals surface area contributed by atoms with Crippen molar-refractivity contribution >= 4 is 5.91 Å². The van der Waals surface area contributed by atoms with Crippen LogP contribution in [0.5, 0.6) is 0 Å². The summed E-state index contributed by atoms with van der Waals surface area (Å²) in [7, 11) is 0. The molecule has 1 amide bonds. The third kappa shape index (κ3) is 4.61. The number of carbonyl (C=O) groups excluding carboxylic acids is 1. The fourth-order valence-corrected chi connectivity index (χ4v) is 4.70. The van der Waals surface area contributed by atoms with Gasteiger partial charge in [-0.2, -0.15) is 0 Å². The van der Waals surface area contributed by atoms with Crippen LogP contribution in [-0.2, 0) is 22.4 Å². The zero-order valence-corrected chi connectivity index (χ0v) is 16.3. The Balaban J connectivity index is 1.31. The minimum absolute atomic E-state index is 0.0761. The molecule has 0 N–H and O–H groups in total. The van der Waals surface area contributed by atoms with Crippen molar-refractivity contribution in [3.8, 4) is 0 Å². The van der Waals surface area contributed by atoms with Gasteiger partial charge in [-0.1, -0.05) is 42.5 Å². The molecular formula is C24H28FNO2. The van der Waals surface area contributed by atoms with Gasteiger partial charge in [-0.25, -0.2) is 4.39 Å². The first-order valence-corrected chi connectivity index (χ1v) is 10.3. The van der Waals surface area contributed by atoms with E-state index in [2.05, 4.69) is 30.3 Å². The predicted molar refractivity (Wildman–Crippen MR) is 107 cm³/mol. The first kappa shape index (κ1) is 19.1. The van der Waals surface area contributed by atoms with E-state index >= 15 is 0 Å². The van der Waals surface area contributed by atoms with Gasteiger partial charge >= 0.3 is 0 Å². The fraction of sp³-hybridized carbons (Fsp3) is 0.458.